The molecule has 0 unspecified atom stereocenters. The molecule has 0 saturated heterocycles. The van der Waals surface area contributed by atoms with Gasteiger partial charge in [-0.25, -0.2) is 4.98 Å². The molecule has 0 aliphatic carbocycles. The Kier molecular flexibility index (Phi) is 4.07. The SMILES string of the molecule is CSc1ncccc1C.N. The Hall–Kier alpha value is -0.540. The van der Waals surface area contributed by atoms with Gasteiger partial charge >= 0.3 is 0 Å². The van der Waals surface area contributed by atoms with E-state index < -0.39 is 0 Å². The molecule has 0 fully saturated rings. The molecule has 0 atom stereocenters. The molecule has 3 heteroatoms. The first-order valence-corrected chi connectivity index (χ1v) is 4.02. The van der Waals surface area contributed by atoms with Crippen molar-refractivity contribution < 1.29 is 0 Å². The van der Waals surface area contributed by atoms with Crippen LogP contribution in [0.3, 0.4) is 0 Å². The van der Waals surface area contributed by atoms with Crippen molar-refractivity contribution in [3.63, 3.8) is 0 Å². The predicted octanol–water partition coefficient (Wildman–Crippen LogP) is 2.27. The van der Waals surface area contributed by atoms with Crippen LogP contribution in [0.25, 0.3) is 0 Å². The molecule has 10 heavy (non-hydrogen) atoms. The molecule has 1 aromatic rings. The Morgan fingerprint density at radius 1 is 1.50 bits per heavy atom. The van der Waals surface area contributed by atoms with Gasteiger partial charge in [0, 0.05) is 6.20 Å². The summed E-state index contributed by atoms with van der Waals surface area (Å²) in [6.07, 6.45) is 3.86. The molecule has 0 radical (unpaired) electrons. The molecule has 0 aliphatic rings. The Labute approximate surface area is 65.6 Å². The van der Waals surface area contributed by atoms with E-state index in [-0.39, 0.29) is 6.15 Å². The molecule has 0 saturated carbocycles. The maximum absolute atomic E-state index is 4.16. The Bertz CT molecular complexity index is 201. The Morgan fingerprint density at radius 2 is 2.20 bits per heavy atom. The lowest BCUT2D eigenvalue weighted by Gasteiger charge is -1.96. The van der Waals surface area contributed by atoms with Gasteiger partial charge in [0.2, 0.25) is 0 Å². The summed E-state index contributed by atoms with van der Waals surface area (Å²) in [7, 11) is 0. The van der Waals surface area contributed by atoms with Gasteiger partial charge < -0.3 is 6.15 Å². The highest BCUT2D eigenvalue weighted by molar-refractivity contribution is 7.98. The number of hydrogen-bond acceptors (Lipinski definition) is 3. The molecule has 3 N–H and O–H groups in total. The monoisotopic (exact) mass is 156 g/mol. The summed E-state index contributed by atoms with van der Waals surface area (Å²) in [5.41, 5.74) is 1.25. The van der Waals surface area contributed by atoms with Crippen LogP contribution in [-0.4, -0.2) is 11.2 Å². The van der Waals surface area contributed by atoms with E-state index in [4.69, 9.17) is 0 Å². The Morgan fingerprint density at radius 3 is 2.60 bits per heavy atom. The van der Waals surface area contributed by atoms with E-state index in [9.17, 15) is 0 Å². The quantitative estimate of drug-likeness (QED) is 0.634. The summed E-state index contributed by atoms with van der Waals surface area (Å²) in [6.45, 7) is 2.07. The van der Waals surface area contributed by atoms with Crippen molar-refractivity contribution in [1.29, 1.82) is 0 Å². The van der Waals surface area contributed by atoms with Crippen molar-refractivity contribution in [3.05, 3.63) is 23.9 Å². The van der Waals surface area contributed by atoms with Crippen LogP contribution in [0, 0.1) is 6.92 Å². The van der Waals surface area contributed by atoms with Gasteiger partial charge in [-0.1, -0.05) is 6.07 Å². The van der Waals surface area contributed by atoms with Crippen molar-refractivity contribution >= 4 is 11.8 Å². The summed E-state index contributed by atoms with van der Waals surface area (Å²) in [5.74, 6) is 0. The first-order chi connectivity index (χ1) is 4.34. The second-order valence-corrected chi connectivity index (χ2v) is 2.62. The Balaban J connectivity index is 0.000000810. The fourth-order valence-electron chi connectivity index (χ4n) is 0.685. The second-order valence-electron chi connectivity index (χ2n) is 1.83. The molecule has 0 bridgehead atoms. The van der Waals surface area contributed by atoms with Crippen molar-refractivity contribution in [2.24, 2.45) is 0 Å². The number of nitrogens with zero attached hydrogens (tertiary/aromatic N) is 1. The van der Waals surface area contributed by atoms with E-state index in [1.165, 1.54) is 5.56 Å². The van der Waals surface area contributed by atoms with Crippen LogP contribution in [0.2, 0.25) is 0 Å². The lowest BCUT2D eigenvalue weighted by Crippen LogP contribution is -1.80. The molecule has 56 valence electrons. The van der Waals surface area contributed by atoms with Crippen LogP contribution < -0.4 is 6.15 Å². The lowest BCUT2D eigenvalue weighted by molar-refractivity contribution is 1.08. The molecular formula is C7H12N2S. The second kappa shape index (κ2) is 4.30. The van der Waals surface area contributed by atoms with E-state index in [0.29, 0.717) is 0 Å². The molecule has 0 aliphatic heterocycles. The van der Waals surface area contributed by atoms with E-state index in [1.807, 2.05) is 18.5 Å². The van der Waals surface area contributed by atoms with E-state index in [0.717, 1.165) is 5.03 Å². The maximum Gasteiger partial charge on any atom is 0.0986 e. The van der Waals surface area contributed by atoms with Crippen molar-refractivity contribution in [3.8, 4) is 0 Å². The summed E-state index contributed by atoms with van der Waals surface area (Å²) in [5, 5.41) is 1.12. The zero-order chi connectivity index (χ0) is 6.69. The van der Waals surface area contributed by atoms with Gasteiger partial charge in [0.1, 0.15) is 0 Å². The number of hydrogen-bond donors (Lipinski definition) is 1. The summed E-state index contributed by atoms with van der Waals surface area (Å²) in [6, 6.07) is 4.02. The number of thioether (sulfide) groups is 1. The van der Waals surface area contributed by atoms with E-state index >= 15 is 0 Å². The van der Waals surface area contributed by atoms with Gasteiger partial charge in [-0.05, 0) is 24.8 Å². The normalized spacial score (nSPS) is 8.60. The van der Waals surface area contributed by atoms with Gasteiger partial charge in [0.25, 0.3) is 0 Å². The van der Waals surface area contributed by atoms with Gasteiger partial charge in [0.05, 0.1) is 5.03 Å². The predicted molar refractivity (Wildman–Crippen MR) is 45.8 cm³/mol. The maximum atomic E-state index is 4.16. The minimum atomic E-state index is 0. The fraction of sp³-hybridized carbons (Fsp3) is 0.286. The van der Waals surface area contributed by atoms with Crippen LogP contribution in [-0.2, 0) is 0 Å². The lowest BCUT2D eigenvalue weighted by atomic mass is 10.3. The van der Waals surface area contributed by atoms with Crippen molar-refractivity contribution in [2.75, 3.05) is 6.26 Å². The molecule has 2 nitrogen and oxygen atoms in total. The van der Waals surface area contributed by atoms with E-state index in [2.05, 4.69) is 18.0 Å². The zero-order valence-electron chi connectivity index (χ0n) is 6.29. The molecule has 0 amide bonds. The molecule has 0 spiro atoms. The largest absolute Gasteiger partial charge is 0.344 e. The molecule has 0 aromatic carbocycles. The summed E-state index contributed by atoms with van der Waals surface area (Å²) >= 11 is 1.68. The third kappa shape index (κ3) is 2.01. The van der Waals surface area contributed by atoms with Crippen LogP contribution >= 0.6 is 11.8 Å². The zero-order valence-corrected chi connectivity index (χ0v) is 7.11. The standard InChI is InChI=1S/C7H9NS.H3N/c1-6-4-3-5-8-7(6)9-2;/h3-5H,1-2H3;1H3. The number of aryl methyl sites for hydroxylation is 1. The molecule has 1 aromatic heterocycles. The minimum Gasteiger partial charge on any atom is -0.344 e. The van der Waals surface area contributed by atoms with E-state index in [1.54, 1.807) is 11.8 Å². The summed E-state index contributed by atoms with van der Waals surface area (Å²) in [4.78, 5) is 4.16. The minimum absolute atomic E-state index is 0. The van der Waals surface area contributed by atoms with Crippen LogP contribution in [0.1, 0.15) is 5.56 Å². The van der Waals surface area contributed by atoms with Gasteiger partial charge in [0.15, 0.2) is 0 Å². The first kappa shape index (κ1) is 9.46. The topological polar surface area (TPSA) is 47.9 Å². The highest BCUT2D eigenvalue weighted by Crippen LogP contribution is 2.14. The average Bonchev–Trinajstić information content (AvgIpc) is 1.89. The van der Waals surface area contributed by atoms with Crippen molar-refractivity contribution in [2.45, 2.75) is 11.9 Å². The number of aromatic nitrogens is 1. The van der Waals surface area contributed by atoms with Crippen molar-refractivity contribution in [1.82, 2.24) is 11.1 Å². The highest BCUT2D eigenvalue weighted by Gasteiger charge is 1.92. The first-order valence-electron chi connectivity index (χ1n) is 2.80. The highest BCUT2D eigenvalue weighted by atomic mass is 32.2. The van der Waals surface area contributed by atoms with Crippen LogP contribution in [0.15, 0.2) is 23.4 Å². The average molecular weight is 156 g/mol. The van der Waals surface area contributed by atoms with Crippen LogP contribution in [0.5, 0.6) is 0 Å². The third-order valence-electron chi connectivity index (χ3n) is 1.15. The summed E-state index contributed by atoms with van der Waals surface area (Å²) < 4.78 is 0. The molecular weight excluding hydrogens is 144 g/mol. The molecule has 1 rings (SSSR count). The van der Waals surface area contributed by atoms with Gasteiger partial charge in [-0.3, -0.25) is 0 Å². The molecule has 1 heterocycles. The fourth-order valence-corrected chi connectivity index (χ4v) is 1.24. The number of pyridine rings is 1. The van der Waals surface area contributed by atoms with Gasteiger partial charge in [-0.15, -0.1) is 11.8 Å². The smallest absolute Gasteiger partial charge is 0.0986 e. The van der Waals surface area contributed by atoms with Gasteiger partial charge in [-0.2, -0.15) is 0 Å². The third-order valence-corrected chi connectivity index (χ3v) is 1.97. The van der Waals surface area contributed by atoms with Crippen LogP contribution in [0.4, 0.5) is 0 Å². The number of rotatable bonds is 1.